The second-order valence-electron chi connectivity index (χ2n) is 3.61. The van der Waals surface area contributed by atoms with Crippen LogP contribution in [0.2, 0.25) is 0 Å². The van der Waals surface area contributed by atoms with Crippen molar-refractivity contribution in [2.75, 3.05) is 0 Å². The quantitative estimate of drug-likeness (QED) is 0.354. The van der Waals surface area contributed by atoms with Crippen molar-refractivity contribution in [1.82, 2.24) is 0 Å². The first-order valence-electron chi connectivity index (χ1n) is 4.60. The van der Waals surface area contributed by atoms with E-state index in [9.17, 15) is 45.1 Å². The number of rotatable bonds is 6. The first kappa shape index (κ1) is 21.8. The van der Waals surface area contributed by atoms with Crippen LogP contribution in [-0.4, -0.2) is 39.5 Å². The lowest BCUT2D eigenvalue weighted by Gasteiger charge is -2.29. The first-order valence-corrected chi connectivity index (χ1v) is 7.89. The maximum Gasteiger partial charge on any atom is 0.455 e. The van der Waals surface area contributed by atoms with Gasteiger partial charge in [0.2, 0.25) is 0 Å². The van der Waals surface area contributed by atoms with E-state index in [1.807, 2.05) is 0 Å². The van der Waals surface area contributed by atoms with E-state index in [1.165, 1.54) is 0 Å². The summed E-state index contributed by atoms with van der Waals surface area (Å²) >= 11 is 0. The van der Waals surface area contributed by atoms with Gasteiger partial charge < -0.3 is 18.8 Å². The SMILES string of the molecule is NP(=O)(O)OC(=O)C(F)(F)C(F)(F)C(F)(F)C(=O)OP(N)(=O)O. The number of halogens is 6. The van der Waals surface area contributed by atoms with Crippen molar-refractivity contribution in [2.24, 2.45) is 11.0 Å². The highest BCUT2D eigenvalue weighted by atomic mass is 31.2. The summed E-state index contributed by atoms with van der Waals surface area (Å²) in [5.74, 6) is -27.4. The van der Waals surface area contributed by atoms with E-state index in [2.05, 4.69) is 20.1 Å². The third-order valence-corrected chi connectivity index (χ3v) is 2.58. The van der Waals surface area contributed by atoms with E-state index in [1.54, 1.807) is 0 Å². The van der Waals surface area contributed by atoms with Crippen LogP contribution in [-0.2, 0) is 27.8 Å². The smallest absolute Gasteiger partial charge is 0.375 e. The standard InChI is InChI=1S/C5H6F6N2O8P2/c6-3(7,1(14)20-22(12,16)17)5(10,11)4(8,9)2(15)21-23(13,18)19/h(H3,12,16,17)(H3,13,18,19). The molecule has 0 saturated heterocycles. The second kappa shape index (κ2) is 6.03. The predicted molar refractivity (Wildman–Crippen MR) is 55.1 cm³/mol. The third-order valence-electron chi connectivity index (χ3n) is 1.73. The zero-order valence-corrected chi connectivity index (χ0v) is 11.9. The minimum Gasteiger partial charge on any atom is -0.375 e. The summed E-state index contributed by atoms with van der Waals surface area (Å²) in [5, 5.41) is 0. The molecule has 0 aliphatic carbocycles. The van der Waals surface area contributed by atoms with Gasteiger partial charge in [-0.3, -0.25) is 0 Å². The molecule has 0 aliphatic rings. The van der Waals surface area contributed by atoms with E-state index in [-0.39, 0.29) is 0 Å². The summed E-state index contributed by atoms with van der Waals surface area (Å²) in [6.07, 6.45) is 0. The lowest BCUT2D eigenvalue weighted by atomic mass is 10.1. The first-order chi connectivity index (χ1) is 9.76. The number of carbonyl (C=O) groups is 2. The molecule has 0 aromatic carbocycles. The van der Waals surface area contributed by atoms with Crippen molar-refractivity contribution in [3.05, 3.63) is 0 Å². The van der Waals surface area contributed by atoms with Gasteiger partial charge in [0.15, 0.2) is 0 Å². The van der Waals surface area contributed by atoms with Gasteiger partial charge in [-0.25, -0.2) is 29.7 Å². The van der Waals surface area contributed by atoms with Gasteiger partial charge in [0.1, 0.15) is 0 Å². The second-order valence-corrected chi connectivity index (χ2v) is 6.23. The molecule has 0 fully saturated rings. The average molecular weight is 398 g/mol. The summed E-state index contributed by atoms with van der Waals surface area (Å²) in [7, 11) is -11.3. The van der Waals surface area contributed by atoms with Gasteiger partial charge in [-0.1, -0.05) is 0 Å². The number of carbonyl (C=O) groups excluding carboxylic acids is 2. The number of nitrogens with two attached hydrogens (primary N) is 2. The van der Waals surface area contributed by atoms with Gasteiger partial charge in [0.25, 0.3) is 0 Å². The van der Waals surface area contributed by atoms with Crippen LogP contribution in [0.5, 0.6) is 0 Å². The van der Waals surface area contributed by atoms with Crippen molar-refractivity contribution >= 4 is 27.4 Å². The highest BCUT2D eigenvalue weighted by Gasteiger charge is 2.80. The Kier molecular flexibility index (Phi) is 5.72. The predicted octanol–water partition coefficient (Wildman–Crippen LogP) is 0.0969. The topological polar surface area (TPSA) is 179 Å². The highest BCUT2D eigenvalue weighted by molar-refractivity contribution is 7.51. The number of hydrogen-bond donors (Lipinski definition) is 4. The molecule has 6 N–H and O–H groups in total. The molecule has 0 saturated carbocycles. The maximum atomic E-state index is 13.1. The Morgan fingerprint density at radius 1 is 0.783 bits per heavy atom. The summed E-state index contributed by atoms with van der Waals surface area (Å²) in [6, 6.07) is 0. The molecular weight excluding hydrogens is 392 g/mol. The van der Waals surface area contributed by atoms with Crippen LogP contribution in [0.3, 0.4) is 0 Å². The summed E-state index contributed by atoms with van der Waals surface area (Å²) in [6.45, 7) is 0. The molecule has 23 heavy (non-hydrogen) atoms. The van der Waals surface area contributed by atoms with Gasteiger partial charge in [0.05, 0.1) is 0 Å². The third kappa shape index (κ3) is 4.89. The van der Waals surface area contributed by atoms with E-state index < -0.39 is 45.2 Å². The Hall–Kier alpha value is -1.18. The molecule has 2 unspecified atom stereocenters. The van der Waals surface area contributed by atoms with Gasteiger partial charge in [-0.2, -0.15) is 26.3 Å². The Morgan fingerprint density at radius 3 is 1.17 bits per heavy atom. The van der Waals surface area contributed by atoms with Crippen LogP contribution in [0.1, 0.15) is 0 Å². The van der Waals surface area contributed by atoms with E-state index in [4.69, 9.17) is 9.79 Å². The van der Waals surface area contributed by atoms with Crippen LogP contribution in [0.15, 0.2) is 0 Å². The van der Waals surface area contributed by atoms with Gasteiger partial charge in [0, 0.05) is 0 Å². The van der Waals surface area contributed by atoms with E-state index in [0.29, 0.717) is 0 Å². The Bertz CT molecular complexity index is 548. The van der Waals surface area contributed by atoms with Crippen LogP contribution in [0.25, 0.3) is 0 Å². The molecule has 0 spiro atoms. The Balaban J connectivity index is 5.74. The normalized spacial score (nSPS) is 18.5. The molecule has 0 rings (SSSR count). The van der Waals surface area contributed by atoms with E-state index in [0.717, 1.165) is 0 Å². The van der Waals surface area contributed by atoms with Crippen molar-refractivity contribution in [1.29, 1.82) is 0 Å². The minimum absolute atomic E-state index is 2.77. The molecule has 0 radical (unpaired) electrons. The van der Waals surface area contributed by atoms with Crippen molar-refractivity contribution in [3.8, 4) is 0 Å². The van der Waals surface area contributed by atoms with Gasteiger partial charge in [-0.05, 0) is 0 Å². The monoisotopic (exact) mass is 398 g/mol. The summed E-state index contributed by atoms with van der Waals surface area (Å²) < 4.78 is 105. The molecule has 0 bridgehead atoms. The minimum atomic E-state index is -6.92. The molecule has 2 atom stereocenters. The van der Waals surface area contributed by atoms with Crippen molar-refractivity contribution in [2.45, 2.75) is 17.8 Å². The van der Waals surface area contributed by atoms with Gasteiger partial charge >= 0.3 is 45.2 Å². The lowest BCUT2D eigenvalue weighted by molar-refractivity contribution is -0.296. The van der Waals surface area contributed by atoms with Crippen LogP contribution in [0.4, 0.5) is 26.3 Å². The van der Waals surface area contributed by atoms with Crippen LogP contribution >= 0.6 is 15.5 Å². The number of hydrogen-bond acceptors (Lipinski definition) is 6. The molecule has 0 heterocycles. The lowest BCUT2D eigenvalue weighted by Crippen LogP contribution is -2.61. The average Bonchev–Trinajstić information content (AvgIpc) is 2.23. The Labute approximate surface area is 121 Å². The summed E-state index contributed by atoms with van der Waals surface area (Å²) in [4.78, 5) is 37.7. The van der Waals surface area contributed by atoms with E-state index >= 15 is 0 Å². The fourth-order valence-corrected chi connectivity index (χ4v) is 1.51. The largest absolute Gasteiger partial charge is 0.455 e. The molecule has 136 valence electrons. The fraction of sp³-hybridized carbons (Fsp3) is 0.600. The van der Waals surface area contributed by atoms with Crippen molar-refractivity contribution in [3.63, 3.8) is 0 Å². The highest BCUT2D eigenvalue weighted by Crippen LogP contribution is 2.50. The fourth-order valence-electron chi connectivity index (χ4n) is 0.806. The summed E-state index contributed by atoms with van der Waals surface area (Å²) in [5.41, 5.74) is 8.11. The zero-order valence-electron chi connectivity index (χ0n) is 10.2. The van der Waals surface area contributed by atoms with Crippen LogP contribution < -0.4 is 11.0 Å². The molecule has 0 aromatic rings. The molecule has 0 aliphatic heterocycles. The molecule has 18 heteroatoms. The molecule has 0 amide bonds. The van der Waals surface area contributed by atoms with Crippen molar-refractivity contribution < 1.29 is 63.9 Å². The molecular formula is C5H6F6N2O8P2. The zero-order chi connectivity index (χ0) is 19.1. The Morgan fingerprint density at radius 2 is 1.00 bits per heavy atom. The maximum absolute atomic E-state index is 13.1. The molecule has 0 aromatic heterocycles. The van der Waals surface area contributed by atoms with Gasteiger partial charge in [-0.15, -0.1) is 0 Å². The molecule has 10 nitrogen and oxygen atoms in total. The van der Waals surface area contributed by atoms with Crippen LogP contribution in [0, 0.1) is 0 Å². The number of alkyl halides is 6.